The summed E-state index contributed by atoms with van der Waals surface area (Å²) in [4.78, 5) is 9.00. The van der Waals surface area contributed by atoms with Gasteiger partial charge in [-0.2, -0.15) is 0 Å². The zero-order valence-corrected chi connectivity index (χ0v) is 5.54. The summed E-state index contributed by atoms with van der Waals surface area (Å²) < 4.78 is 4.81. The first-order valence-electron chi connectivity index (χ1n) is 2.76. The van der Waals surface area contributed by atoms with Gasteiger partial charge in [0.25, 0.3) is 0 Å². The largest absolute Gasteiger partial charge is 0.372 e. The molecule has 1 saturated heterocycles. The molecule has 0 aliphatic carbocycles. The number of ether oxygens (including phenoxy) is 1. The first-order chi connectivity index (χ1) is 4.66. The van der Waals surface area contributed by atoms with Crippen molar-refractivity contribution in [2.75, 3.05) is 6.61 Å². The van der Waals surface area contributed by atoms with Crippen LogP contribution < -0.4 is 11.5 Å². The second-order valence-electron chi connectivity index (χ2n) is 1.77. The fraction of sp³-hybridized carbons (Fsp3) is 0.500. The Hall–Kier alpha value is -1.21. The van der Waals surface area contributed by atoms with E-state index in [1.165, 1.54) is 0 Å². The molecule has 1 fully saturated rings. The highest BCUT2D eigenvalue weighted by molar-refractivity contribution is 5.69. The van der Waals surface area contributed by atoms with E-state index < -0.39 is 6.03 Å². The zero-order chi connectivity index (χ0) is 7.98. The molecule has 2 amide bonds. The van der Waals surface area contributed by atoms with Gasteiger partial charge >= 0.3 is 6.03 Å². The van der Waals surface area contributed by atoms with E-state index in [2.05, 4.69) is 17.4 Å². The average molecular weight is 142 g/mol. The van der Waals surface area contributed by atoms with Gasteiger partial charge in [0.05, 0.1) is 12.7 Å². The maximum atomic E-state index is 9.00. The third kappa shape index (κ3) is 9.92. The molecule has 0 radical (unpaired) electrons. The number of carbonyl (C=O) groups is 1. The van der Waals surface area contributed by atoms with Crippen LogP contribution in [-0.2, 0) is 4.74 Å². The van der Waals surface area contributed by atoms with Crippen LogP contribution in [0.4, 0.5) is 4.79 Å². The number of hydrogen-bond acceptors (Lipinski definition) is 2. The zero-order valence-electron chi connectivity index (χ0n) is 5.54. The van der Waals surface area contributed by atoms with Crippen molar-refractivity contribution in [2.45, 2.75) is 12.5 Å². The normalized spacial score (nSPS) is 19.7. The molecule has 1 rings (SSSR count). The number of primary amides is 2. The van der Waals surface area contributed by atoms with E-state index in [1.54, 1.807) is 0 Å². The number of urea groups is 1. The van der Waals surface area contributed by atoms with Crippen LogP contribution in [0.5, 0.6) is 0 Å². The van der Waals surface area contributed by atoms with E-state index in [1.807, 2.05) is 0 Å². The van der Waals surface area contributed by atoms with Gasteiger partial charge in [0.1, 0.15) is 0 Å². The predicted molar refractivity (Wildman–Crippen MR) is 37.0 cm³/mol. The molecule has 10 heavy (non-hydrogen) atoms. The van der Waals surface area contributed by atoms with E-state index in [-0.39, 0.29) is 0 Å². The van der Waals surface area contributed by atoms with Crippen molar-refractivity contribution in [1.82, 2.24) is 0 Å². The van der Waals surface area contributed by atoms with Gasteiger partial charge in [0, 0.05) is 6.42 Å². The summed E-state index contributed by atoms with van der Waals surface area (Å²) in [6, 6.07) is -0.833. The van der Waals surface area contributed by atoms with Crippen molar-refractivity contribution in [3.8, 4) is 12.3 Å². The van der Waals surface area contributed by atoms with E-state index in [9.17, 15) is 0 Å². The first kappa shape index (κ1) is 8.79. The highest BCUT2D eigenvalue weighted by atomic mass is 16.6. The lowest BCUT2D eigenvalue weighted by Crippen LogP contribution is -2.18. The van der Waals surface area contributed by atoms with Crippen molar-refractivity contribution in [3.05, 3.63) is 0 Å². The Morgan fingerprint density at radius 2 is 2.20 bits per heavy atom. The van der Waals surface area contributed by atoms with Gasteiger partial charge in [0.2, 0.25) is 0 Å². The van der Waals surface area contributed by atoms with Crippen LogP contribution >= 0.6 is 0 Å². The summed E-state index contributed by atoms with van der Waals surface area (Å²) >= 11 is 0. The highest BCUT2D eigenvalue weighted by Gasteiger charge is 2.19. The van der Waals surface area contributed by atoms with Crippen molar-refractivity contribution in [3.63, 3.8) is 0 Å². The maximum Gasteiger partial charge on any atom is 0.309 e. The quantitative estimate of drug-likeness (QED) is 0.380. The van der Waals surface area contributed by atoms with Crippen LogP contribution in [0.25, 0.3) is 0 Å². The topological polar surface area (TPSA) is 81.6 Å². The summed E-state index contributed by atoms with van der Waals surface area (Å²) in [5, 5.41) is 0. The van der Waals surface area contributed by atoms with Gasteiger partial charge in [-0.3, -0.25) is 0 Å². The molecule has 1 aliphatic rings. The SMILES string of the molecule is C#CCC1CO1.NC(N)=O. The second-order valence-corrected chi connectivity index (χ2v) is 1.77. The fourth-order valence-electron chi connectivity index (χ4n) is 0.317. The molecule has 0 aromatic rings. The third-order valence-corrected chi connectivity index (χ3v) is 0.748. The lowest BCUT2D eigenvalue weighted by Gasteiger charge is -1.70. The molecular formula is C6H10N2O2. The van der Waals surface area contributed by atoms with Gasteiger partial charge in [-0.05, 0) is 0 Å². The number of rotatable bonds is 1. The summed E-state index contributed by atoms with van der Waals surface area (Å²) in [6.45, 7) is 0.879. The Kier molecular flexibility index (Phi) is 4.09. The molecule has 4 N–H and O–H groups in total. The van der Waals surface area contributed by atoms with E-state index in [0.29, 0.717) is 6.10 Å². The summed E-state index contributed by atoms with van der Waals surface area (Å²) in [6.07, 6.45) is 6.14. The highest BCUT2D eigenvalue weighted by Crippen LogP contribution is 2.10. The number of carbonyl (C=O) groups excluding carboxylic acids is 1. The number of nitrogens with two attached hydrogens (primary N) is 2. The number of amides is 2. The lowest BCUT2D eigenvalue weighted by molar-refractivity contribution is 0.256. The molecule has 4 heteroatoms. The average Bonchev–Trinajstić information content (AvgIpc) is 2.48. The van der Waals surface area contributed by atoms with Gasteiger partial charge in [-0.25, -0.2) is 4.79 Å². The Balaban J connectivity index is 0.000000180. The van der Waals surface area contributed by atoms with Crippen LogP contribution in [0.2, 0.25) is 0 Å². The van der Waals surface area contributed by atoms with E-state index >= 15 is 0 Å². The van der Waals surface area contributed by atoms with Gasteiger partial charge in [-0.15, -0.1) is 12.3 Å². The van der Waals surface area contributed by atoms with E-state index in [4.69, 9.17) is 16.0 Å². The summed E-state index contributed by atoms with van der Waals surface area (Å²) in [7, 11) is 0. The summed E-state index contributed by atoms with van der Waals surface area (Å²) in [5.74, 6) is 2.50. The summed E-state index contributed by atoms with van der Waals surface area (Å²) in [5.41, 5.74) is 8.50. The molecule has 0 spiro atoms. The Morgan fingerprint density at radius 3 is 2.30 bits per heavy atom. The van der Waals surface area contributed by atoms with Crippen molar-refractivity contribution < 1.29 is 9.53 Å². The maximum absolute atomic E-state index is 9.00. The standard InChI is InChI=1S/C5H6O.CH4N2O/c1-2-3-5-4-6-5;2-1(3)4/h1,5H,3-4H2;(H4,2,3,4). The minimum Gasteiger partial charge on any atom is -0.372 e. The number of hydrogen-bond donors (Lipinski definition) is 2. The predicted octanol–water partition coefficient (Wildman–Crippen LogP) is -0.568. The Bertz CT molecular complexity index is 142. The molecule has 4 nitrogen and oxygen atoms in total. The minimum atomic E-state index is -0.833. The molecule has 1 heterocycles. The van der Waals surface area contributed by atoms with Crippen LogP contribution in [-0.4, -0.2) is 18.7 Å². The van der Waals surface area contributed by atoms with E-state index in [0.717, 1.165) is 13.0 Å². The molecule has 0 aromatic carbocycles. The molecule has 0 bridgehead atoms. The molecule has 56 valence electrons. The minimum absolute atomic E-state index is 0.412. The fourth-order valence-corrected chi connectivity index (χ4v) is 0.317. The molecule has 0 aromatic heterocycles. The van der Waals surface area contributed by atoms with Gasteiger partial charge in [-0.1, -0.05) is 0 Å². The molecule has 1 atom stereocenters. The number of terminal acetylenes is 1. The van der Waals surface area contributed by atoms with Crippen LogP contribution in [0, 0.1) is 12.3 Å². The van der Waals surface area contributed by atoms with Crippen molar-refractivity contribution in [1.29, 1.82) is 0 Å². The molecule has 1 unspecified atom stereocenters. The lowest BCUT2D eigenvalue weighted by atomic mass is 10.4. The van der Waals surface area contributed by atoms with Crippen LogP contribution in [0.3, 0.4) is 0 Å². The molecule has 0 saturated carbocycles. The smallest absolute Gasteiger partial charge is 0.309 e. The van der Waals surface area contributed by atoms with Crippen LogP contribution in [0.1, 0.15) is 6.42 Å². The monoisotopic (exact) mass is 142 g/mol. The number of epoxide rings is 1. The van der Waals surface area contributed by atoms with Crippen molar-refractivity contribution >= 4 is 6.03 Å². The third-order valence-electron chi connectivity index (χ3n) is 0.748. The van der Waals surface area contributed by atoms with Gasteiger partial charge in [0.15, 0.2) is 0 Å². The van der Waals surface area contributed by atoms with Crippen LogP contribution in [0.15, 0.2) is 0 Å². The first-order valence-corrected chi connectivity index (χ1v) is 2.76. The second kappa shape index (κ2) is 4.65. The van der Waals surface area contributed by atoms with Crippen molar-refractivity contribution in [2.24, 2.45) is 11.5 Å². The molecule has 1 aliphatic heterocycles. The van der Waals surface area contributed by atoms with Gasteiger partial charge < -0.3 is 16.2 Å². The Labute approximate surface area is 59.5 Å². The Morgan fingerprint density at radius 1 is 1.80 bits per heavy atom. The molecular weight excluding hydrogens is 132 g/mol.